The van der Waals surface area contributed by atoms with Crippen molar-refractivity contribution in [2.24, 2.45) is 11.7 Å². The fraction of sp³-hybridized carbons (Fsp3) is 0.933. The summed E-state index contributed by atoms with van der Waals surface area (Å²) in [6.45, 7) is 4.99. The van der Waals surface area contributed by atoms with E-state index in [4.69, 9.17) is 5.73 Å². The average Bonchev–Trinajstić information content (AvgIpc) is 2.45. The topological polar surface area (TPSA) is 46.3 Å². The van der Waals surface area contributed by atoms with Crippen LogP contribution in [0.3, 0.4) is 0 Å². The fourth-order valence-corrected chi connectivity index (χ4v) is 3.72. The Morgan fingerprint density at radius 2 is 1.78 bits per heavy atom. The number of amides is 1. The Balaban J connectivity index is 2.13. The van der Waals surface area contributed by atoms with E-state index in [1.54, 1.807) is 0 Å². The number of piperidine rings is 1. The Hall–Kier alpha value is -0.570. The number of rotatable bonds is 3. The molecule has 1 aliphatic heterocycles. The lowest BCUT2D eigenvalue weighted by molar-refractivity contribution is -0.143. The van der Waals surface area contributed by atoms with Crippen LogP contribution >= 0.6 is 0 Å². The van der Waals surface area contributed by atoms with Gasteiger partial charge in [0.25, 0.3) is 0 Å². The molecule has 0 aromatic heterocycles. The number of likely N-dealkylation sites (tertiary alicyclic amines) is 1. The molecule has 2 fully saturated rings. The lowest BCUT2D eigenvalue weighted by Gasteiger charge is -2.46. The molecule has 18 heavy (non-hydrogen) atoms. The van der Waals surface area contributed by atoms with Crippen molar-refractivity contribution in [3.63, 3.8) is 0 Å². The molecule has 104 valence electrons. The van der Waals surface area contributed by atoms with Crippen LogP contribution in [0, 0.1) is 5.92 Å². The van der Waals surface area contributed by atoms with Crippen LogP contribution in [-0.2, 0) is 4.79 Å². The maximum absolute atomic E-state index is 12.7. The highest BCUT2D eigenvalue weighted by atomic mass is 16.2. The molecule has 3 nitrogen and oxygen atoms in total. The average molecular weight is 252 g/mol. The number of hydrogen-bond donors (Lipinski definition) is 1. The van der Waals surface area contributed by atoms with Gasteiger partial charge in [-0.25, -0.2) is 0 Å². The molecule has 1 amide bonds. The van der Waals surface area contributed by atoms with Crippen LogP contribution < -0.4 is 5.73 Å². The van der Waals surface area contributed by atoms with Crippen LogP contribution in [0.5, 0.6) is 0 Å². The minimum atomic E-state index is -0.626. The van der Waals surface area contributed by atoms with Crippen LogP contribution in [0.15, 0.2) is 0 Å². The van der Waals surface area contributed by atoms with Gasteiger partial charge in [-0.05, 0) is 44.4 Å². The second-order valence-electron chi connectivity index (χ2n) is 6.12. The second-order valence-corrected chi connectivity index (χ2v) is 6.12. The summed E-state index contributed by atoms with van der Waals surface area (Å²) < 4.78 is 0. The highest BCUT2D eigenvalue weighted by Gasteiger charge is 2.41. The summed E-state index contributed by atoms with van der Waals surface area (Å²) in [6, 6.07) is 0.487. The first-order chi connectivity index (χ1) is 8.62. The molecule has 0 aromatic carbocycles. The molecule has 0 aromatic rings. The third-order valence-corrected chi connectivity index (χ3v) is 5.19. The van der Waals surface area contributed by atoms with E-state index in [1.807, 2.05) is 13.8 Å². The molecule has 2 aliphatic rings. The largest absolute Gasteiger partial charge is 0.338 e. The second kappa shape index (κ2) is 5.60. The van der Waals surface area contributed by atoms with Crippen molar-refractivity contribution >= 4 is 5.91 Å². The quantitative estimate of drug-likeness (QED) is 0.839. The third-order valence-electron chi connectivity index (χ3n) is 5.19. The van der Waals surface area contributed by atoms with Crippen LogP contribution in [0.25, 0.3) is 0 Å². The Kier molecular flexibility index (Phi) is 4.31. The molecule has 2 N–H and O–H groups in total. The Labute approximate surface area is 111 Å². The molecule has 1 saturated heterocycles. The number of carbonyl (C=O) groups is 1. The summed E-state index contributed by atoms with van der Waals surface area (Å²) in [5, 5.41) is 0. The predicted octanol–water partition coefficient (Wildman–Crippen LogP) is 2.69. The molecule has 1 aliphatic carbocycles. The van der Waals surface area contributed by atoms with Crippen molar-refractivity contribution in [2.45, 2.75) is 76.8 Å². The summed E-state index contributed by atoms with van der Waals surface area (Å²) in [4.78, 5) is 14.9. The molecule has 0 bridgehead atoms. The van der Waals surface area contributed by atoms with Crippen molar-refractivity contribution in [3.8, 4) is 0 Å². The van der Waals surface area contributed by atoms with Crippen LogP contribution in [0.2, 0.25) is 0 Å². The Morgan fingerprint density at radius 3 is 2.44 bits per heavy atom. The van der Waals surface area contributed by atoms with E-state index >= 15 is 0 Å². The van der Waals surface area contributed by atoms with Crippen LogP contribution in [0.1, 0.15) is 65.2 Å². The fourth-order valence-electron chi connectivity index (χ4n) is 3.72. The van der Waals surface area contributed by atoms with Gasteiger partial charge in [0.05, 0.1) is 5.54 Å². The van der Waals surface area contributed by atoms with E-state index < -0.39 is 5.54 Å². The molecule has 3 heteroatoms. The van der Waals surface area contributed by atoms with Crippen molar-refractivity contribution in [1.82, 2.24) is 4.90 Å². The smallest absolute Gasteiger partial charge is 0.242 e. The van der Waals surface area contributed by atoms with Crippen molar-refractivity contribution in [1.29, 1.82) is 0 Å². The highest BCUT2D eigenvalue weighted by molar-refractivity contribution is 5.86. The van der Waals surface area contributed by atoms with Gasteiger partial charge in [-0.15, -0.1) is 0 Å². The number of hydrogen-bond acceptors (Lipinski definition) is 2. The lowest BCUT2D eigenvalue weighted by Crippen LogP contribution is -2.60. The molecular weight excluding hydrogens is 224 g/mol. The lowest BCUT2D eigenvalue weighted by atomic mass is 9.77. The van der Waals surface area contributed by atoms with Crippen LogP contribution in [0.4, 0.5) is 0 Å². The van der Waals surface area contributed by atoms with Crippen LogP contribution in [-0.4, -0.2) is 28.9 Å². The van der Waals surface area contributed by atoms with E-state index in [1.165, 1.54) is 32.1 Å². The molecule has 2 atom stereocenters. The van der Waals surface area contributed by atoms with Gasteiger partial charge in [0.2, 0.25) is 5.91 Å². The van der Waals surface area contributed by atoms with Crippen molar-refractivity contribution in [3.05, 3.63) is 0 Å². The monoisotopic (exact) mass is 252 g/mol. The number of nitrogens with zero attached hydrogens (tertiary/aromatic N) is 1. The number of carbonyl (C=O) groups excluding carboxylic acids is 1. The van der Waals surface area contributed by atoms with Gasteiger partial charge in [0.1, 0.15) is 0 Å². The molecule has 2 rings (SSSR count). The molecule has 1 heterocycles. The minimum absolute atomic E-state index is 0.212. The van der Waals surface area contributed by atoms with Gasteiger partial charge in [0, 0.05) is 12.6 Å². The number of nitrogens with two attached hydrogens (primary N) is 1. The van der Waals surface area contributed by atoms with Gasteiger partial charge >= 0.3 is 0 Å². The predicted molar refractivity (Wildman–Crippen MR) is 74.2 cm³/mol. The van der Waals surface area contributed by atoms with E-state index in [-0.39, 0.29) is 5.91 Å². The molecule has 0 unspecified atom stereocenters. The summed E-state index contributed by atoms with van der Waals surface area (Å²) in [5.41, 5.74) is 5.68. The zero-order chi connectivity index (χ0) is 13.2. The first-order valence-corrected chi connectivity index (χ1v) is 7.72. The van der Waals surface area contributed by atoms with Gasteiger partial charge in [-0.3, -0.25) is 4.79 Å². The summed E-state index contributed by atoms with van der Waals surface area (Å²) in [6.07, 6.45) is 9.09. The van der Waals surface area contributed by atoms with Crippen molar-refractivity contribution < 1.29 is 4.79 Å². The van der Waals surface area contributed by atoms with E-state index in [0.29, 0.717) is 6.04 Å². The number of fused-ring (bicyclic) bond motifs is 1. The van der Waals surface area contributed by atoms with Gasteiger partial charge in [0.15, 0.2) is 0 Å². The standard InChI is InChI=1S/C15H28N2O/c1-3-15(16,4-2)14(18)17-11-7-9-12-8-5-6-10-13(12)17/h12-13H,3-11,16H2,1-2H3/t12-,13-/m1/s1. The summed E-state index contributed by atoms with van der Waals surface area (Å²) in [5.74, 6) is 0.957. The zero-order valence-corrected chi connectivity index (χ0v) is 12.0. The molecule has 1 saturated carbocycles. The highest BCUT2D eigenvalue weighted by Crippen LogP contribution is 2.36. The van der Waals surface area contributed by atoms with Gasteiger partial charge in [-0.1, -0.05) is 26.7 Å². The summed E-state index contributed by atoms with van der Waals surface area (Å²) in [7, 11) is 0. The minimum Gasteiger partial charge on any atom is -0.338 e. The molecule has 0 spiro atoms. The maximum Gasteiger partial charge on any atom is 0.242 e. The molecule has 0 radical (unpaired) electrons. The zero-order valence-electron chi connectivity index (χ0n) is 12.0. The first-order valence-electron chi connectivity index (χ1n) is 7.72. The summed E-state index contributed by atoms with van der Waals surface area (Å²) >= 11 is 0. The van der Waals surface area contributed by atoms with Crippen molar-refractivity contribution in [2.75, 3.05) is 6.54 Å². The SMILES string of the molecule is CCC(N)(CC)C(=O)N1CCC[C@H]2CCCC[C@H]21. The van der Waals surface area contributed by atoms with E-state index in [0.717, 1.165) is 31.7 Å². The van der Waals surface area contributed by atoms with E-state index in [9.17, 15) is 4.79 Å². The normalized spacial score (nSPS) is 28.9. The van der Waals surface area contributed by atoms with Gasteiger partial charge in [-0.2, -0.15) is 0 Å². The third kappa shape index (κ3) is 2.42. The Morgan fingerprint density at radius 1 is 1.17 bits per heavy atom. The Bertz CT molecular complexity index is 297. The van der Waals surface area contributed by atoms with Gasteiger partial charge < -0.3 is 10.6 Å². The maximum atomic E-state index is 12.7. The first kappa shape index (κ1) is 13.9. The molecular formula is C15H28N2O. The van der Waals surface area contributed by atoms with E-state index in [2.05, 4.69) is 4.90 Å².